The highest BCUT2D eigenvalue weighted by molar-refractivity contribution is 5.56. The van der Waals surface area contributed by atoms with Gasteiger partial charge in [0.1, 0.15) is 11.5 Å². The van der Waals surface area contributed by atoms with E-state index in [0.717, 1.165) is 23.4 Å². The molecule has 20 heavy (non-hydrogen) atoms. The summed E-state index contributed by atoms with van der Waals surface area (Å²) >= 11 is 0. The minimum Gasteiger partial charge on any atom is -0.506 e. The highest BCUT2D eigenvalue weighted by atomic mass is 16.5. The average molecular weight is 269 g/mol. The van der Waals surface area contributed by atoms with Crippen molar-refractivity contribution < 1.29 is 9.84 Å². The van der Waals surface area contributed by atoms with Crippen LogP contribution in [-0.2, 0) is 0 Å². The lowest BCUT2D eigenvalue weighted by atomic mass is 10.0. The summed E-state index contributed by atoms with van der Waals surface area (Å²) in [5.41, 5.74) is 1.84. The van der Waals surface area contributed by atoms with Crippen molar-refractivity contribution in [3.8, 4) is 11.5 Å². The Balaban J connectivity index is 2.22. The first-order valence-corrected chi connectivity index (χ1v) is 6.54. The number of hydrogen-bond acceptors (Lipinski definition) is 3. The number of aromatic hydroxyl groups is 1. The quantitative estimate of drug-likeness (QED) is 0.612. The van der Waals surface area contributed by atoms with E-state index >= 15 is 0 Å². The molecule has 0 unspecified atom stereocenters. The summed E-state index contributed by atoms with van der Waals surface area (Å²) in [6.45, 7) is 3.80. The van der Waals surface area contributed by atoms with Crippen molar-refractivity contribution in [3.05, 3.63) is 66.7 Å². The van der Waals surface area contributed by atoms with E-state index in [4.69, 9.17) is 4.74 Å². The van der Waals surface area contributed by atoms with E-state index in [1.165, 1.54) is 0 Å². The third-order valence-corrected chi connectivity index (χ3v) is 3.15. The van der Waals surface area contributed by atoms with Crippen LogP contribution in [0.15, 0.2) is 61.2 Å². The molecule has 2 N–H and O–H groups in total. The van der Waals surface area contributed by atoms with Crippen molar-refractivity contribution in [2.75, 3.05) is 12.4 Å². The minimum atomic E-state index is 0.0618. The highest BCUT2D eigenvalue weighted by Crippen LogP contribution is 2.29. The molecule has 0 saturated heterocycles. The van der Waals surface area contributed by atoms with Gasteiger partial charge in [-0.2, -0.15) is 0 Å². The molecular formula is C17H19NO2. The van der Waals surface area contributed by atoms with Crippen molar-refractivity contribution in [1.82, 2.24) is 0 Å². The molecule has 3 heteroatoms. The molecule has 3 nitrogen and oxygen atoms in total. The number of phenolic OH excluding ortho intramolecular Hbond substituents is 1. The highest BCUT2D eigenvalue weighted by Gasteiger charge is 2.11. The van der Waals surface area contributed by atoms with Gasteiger partial charge in [-0.3, -0.25) is 0 Å². The van der Waals surface area contributed by atoms with Gasteiger partial charge in [0.15, 0.2) is 0 Å². The molecule has 0 saturated carbocycles. The maximum atomic E-state index is 9.85. The van der Waals surface area contributed by atoms with E-state index < -0.39 is 0 Å². The van der Waals surface area contributed by atoms with Crippen LogP contribution in [0.3, 0.4) is 0 Å². The monoisotopic (exact) mass is 269 g/mol. The fraction of sp³-hybridized carbons (Fsp3) is 0.176. The van der Waals surface area contributed by atoms with Gasteiger partial charge in [0.25, 0.3) is 0 Å². The zero-order chi connectivity index (χ0) is 14.4. The van der Waals surface area contributed by atoms with Crippen molar-refractivity contribution >= 4 is 5.69 Å². The van der Waals surface area contributed by atoms with Crippen molar-refractivity contribution in [1.29, 1.82) is 0 Å². The lowest BCUT2D eigenvalue weighted by Crippen LogP contribution is -2.10. The first kappa shape index (κ1) is 14.0. The maximum Gasteiger partial charge on any atom is 0.138 e. The molecule has 2 aromatic carbocycles. The lowest BCUT2D eigenvalue weighted by Gasteiger charge is -2.20. The molecule has 0 radical (unpaired) electrons. The average Bonchev–Trinajstić information content (AvgIpc) is 2.49. The van der Waals surface area contributed by atoms with Crippen LogP contribution in [0.5, 0.6) is 11.5 Å². The van der Waals surface area contributed by atoms with Gasteiger partial charge in [-0.1, -0.05) is 30.3 Å². The third kappa shape index (κ3) is 3.32. The summed E-state index contributed by atoms with van der Waals surface area (Å²) in [7, 11) is 1.65. The fourth-order valence-corrected chi connectivity index (χ4v) is 2.06. The summed E-state index contributed by atoms with van der Waals surface area (Å²) in [6, 6.07) is 15.2. The topological polar surface area (TPSA) is 41.5 Å². The fourth-order valence-electron chi connectivity index (χ4n) is 2.06. The SMILES string of the molecule is C=CC[C@@H](Nc1ccccc1O)c1ccc(OC)cc1. The largest absolute Gasteiger partial charge is 0.506 e. The van der Waals surface area contributed by atoms with Crippen LogP contribution in [0.2, 0.25) is 0 Å². The van der Waals surface area contributed by atoms with Crippen LogP contribution in [0.1, 0.15) is 18.0 Å². The molecule has 0 aliphatic rings. The van der Waals surface area contributed by atoms with Gasteiger partial charge in [-0.05, 0) is 36.2 Å². The Morgan fingerprint density at radius 2 is 1.90 bits per heavy atom. The van der Waals surface area contributed by atoms with Crippen molar-refractivity contribution in [2.24, 2.45) is 0 Å². The molecule has 0 amide bonds. The zero-order valence-electron chi connectivity index (χ0n) is 11.5. The predicted molar refractivity (Wildman–Crippen MR) is 82.3 cm³/mol. The Morgan fingerprint density at radius 1 is 1.20 bits per heavy atom. The maximum absolute atomic E-state index is 9.85. The van der Waals surface area contributed by atoms with E-state index in [1.54, 1.807) is 19.2 Å². The van der Waals surface area contributed by atoms with Crippen LogP contribution in [0.4, 0.5) is 5.69 Å². The Morgan fingerprint density at radius 3 is 2.50 bits per heavy atom. The summed E-state index contributed by atoms with van der Waals surface area (Å²) < 4.78 is 5.17. The van der Waals surface area contributed by atoms with Crippen LogP contribution in [0.25, 0.3) is 0 Å². The second kappa shape index (κ2) is 6.66. The standard InChI is InChI=1S/C17H19NO2/c1-3-6-15(13-9-11-14(20-2)12-10-13)18-16-7-4-5-8-17(16)19/h3-5,7-12,15,18-19H,1,6H2,2H3/t15-/m1/s1. The molecule has 2 rings (SSSR count). The second-order valence-corrected chi connectivity index (χ2v) is 4.51. The summed E-state index contributed by atoms with van der Waals surface area (Å²) in [5, 5.41) is 13.2. The van der Waals surface area contributed by atoms with Crippen LogP contribution in [-0.4, -0.2) is 12.2 Å². The number of nitrogens with one attached hydrogen (secondary N) is 1. The van der Waals surface area contributed by atoms with E-state index in [0.29, 0.717) is 0 Å². The normalized spacial score (nSPS) is 11.7. The van der Waals surface area contributed by atoms with Gasteiger partial charge < -0.3 is 15.2 Å². The number of phenols is 1. The zero-order valence-corrected chi connectivity index (χ0v) is 11.5. The molecule has 0 bridgehead atoms. The molecule has 0 aliphatic carbocycles. The Labute approximate surface area is 119 Å². The van der Waals surface area contributed by atoms with Crippen molar-refractivity contribution in [2.45, 2.75) is 12.5 Å². The van der Waals surface area contributed by atoms with E-state index in [9.17, 15) is 5.11 Å². The summed E-state index contributed by atoms with van der Waals surface area (Å²) in [4.78, 5) is 0. The molecule has 0 fully saturated rings. The predicted octanol–water partition coefficient (Wildman–Crippen LogP) is 4.13. The first-order chi connectivity index (χ1) is 9.74. The molecule has 0 aliphatic heterocycles. The van der Waals surface area contributed by atoms with Crippen LogP contribution in [0, 0.1) is 0 Å². The molecule has 104 valence electrons. The van der Waals surface area contributed by atoms with Crippen molar-refractivity contribution in [3.63, 3.8) is 0 Å². The number of rotatable bonds is 6. The summed E-state index contributed by atoms with van der Waals surface area (Å²) in [5.74, 6) is 1.07. The number of methoxy groups -OCH3 is 1. The number of para-hydroxylation sites is 2. The van der Waals surface area contributed by atoms with Gasteiger partial charge >= 0.3 is 0 Å². The van der Waals surface area contributed by atoms with Gasteiger partial charge in [0, 0.05) is 0 Å². The second-order valence-electron chi connectivity index (χ2n) is 4.51. The molecule has 0 aromatic heterocycles. The first-order valence-electron chi connectivity index (χ1n) is 6.54. The minimum absolute atomic E-state index is 0.0618. The molecular weight excluding hydrogens is 250 g/mol. The lowest BCUT2D eigenvalue weighted by molar-refractivity contribution is 0.414. The van der Waals surface area contributed by atoms with Crippen LogP contribution < -0.4 is 10.1 Å². The molecule has 0 heterocycles. The summed E-state index contributed by atoms with van der Waals surface area (Å²) in [6.07, 6.45) is 2.63. The molecule has 2 aromatic rings. The van der Waals surface area contributed by atoms with Gasteiger partial charge in [-0.25, -0.2) is 0 Å². The van der Waals surface area contributed by atoms with E-state index in [-0.39, 0.29) is 11.8 Å². The van der Waals surface area contributed by atoms with Gasteiger partial charge in [0.05, 0.1) is 18.8 Å². The molecule has 0 spiro atoms. The van der Waals surface area contributed by atoms with Gasteiger partial charge in [-0.15, -0.1) is 6.58 Å². The Hall–Kier alpha value is -2.42. The van der Waals surface area contributed by atoms with Gasteiger partial charge in [0.2, 0.25) is 0 Å². The molecule has 1 atom stereocenters. The third-order valence-electron chi connectivity index (χ3n) is 3.15. The van der Waals surface area contributed by atoms with Crippen LogP contribution >= 0.6 is 0 Å². The number of ether oxygens (including phenoxy) is 1. The number of anilines is 1. The van der Waals surface area contributed by atoms with E-state index in [1.807, 2.05) is 42.5 Å². The number of benzene rings is 2. The smallest absolute Gasteiger partial charge is 0.138 e. The van der Waals surface area contributed by atoms with E-state index in [2.05, 4.69) is 11.9 Å². The number of hydrogen-bond donors (Lipinski definition) is 2. The Bertz CT molecular complexity index is 563. The Kier molecular flexibility index (Phi) is 4.66.